The lowest BCUT2D eigenvalue weighted by molar-refractivity contribution is -0.143. The van der Waals surface area contributed by atoms with E-state index in [2.05, 4.69) is 9.88 Å². The topological polar surface area (TPSA) is 81.5 Å². The number of fused-ring (bicyclic) bond motifs is 5. The van der Waals surface area contributed by atoms with Gasteiger partial charge in [0.2, 0.25) is 0 Å². The normalized spacial score (nSPS) is 31.4. The minimum Gasteiger partial charge on any atom is -0.466 e. The molecule has 4 aliphatic rings. The zero-order chi connectivity index (χ0) is 25.5. The molecule has 3 heterocycles. The fourth-order valence-corrected chi connectivity index (χ4v) is 8.20. The van der Waals surface area contributed by atoms with Gasteiger partial charge in [0, 0.05) is 30.6 Å². The quantitative estimate of drug-likeness (QED) is 0.387. The molecule has 0 spiro atoms. The SMILES string of the molecule is CCOC(=O)CCC(=O)c1nc2ccccc2n(C2CC3CC[C@H](C2)N3C2CC3CCCC(C3)C2)c1=O. The lowest BCUT2D eigenvalue weighted by atomic mass is 9.69. The Hall–Kier alpha value is -2.54. The first-order chi connectivity index (χ1) is 18.0. The van der Waals surface area contributed by atoms with Crippen LogP contribution in [0, 0.1) is 11.8 Å². The Labute approximate surface area is 218 Å². The van der Waals surface area contributed by atoms with Crippen LogP contribution in [-0.4, -0.2) is 50.9 Å². The zero-order valence-corrected chi connectivity index (χ0v) is 21.9. The molecule has 2 saturated heterocycles. The van der Waals surface area contributed by atoms with Gasteiger partial charge in [-0.3, -0.25) is 19.3 Å². The molecular formula is C30H39N3O4. The van der Waals surface area contributed by atoms with Crippen LogP contribution in [0.3, 0.4) is 0 Å². The Morgan fingerprint density at radius 1 is 0.892 bits per heavy atom. The van der Waals surface area contributed by atoms with Gasteiger partial charge in [0.1, 0.15) is 0 Å². The molecule has 2 aliphatic heterocycles. The Morgan fingerprint density at radius 3 is 2.30 bits per heavy atom. The standard InChI is InChI=1S/C30H39N3O4/c1-2-37-28(35)13-12-27(34)29-30(36)33(26-9-4-3-8-25(26)31-29)24-17-21-10-11-22(18-24)32(21)23-15-19-6-5-7-20(14-19)16-23/h3-4,8-9,19-24H,2,5-7,10-18H2,1H3/t19?,20?,21-,22?,23?,24?/m1/s1. The molecular weight excluding hydrogens is 466 g/mol. The van der Waals surface area contributed by atoms with Gasteiger partial charge in [0.05, 0.1) is 24.1 Å². The van der Waals surface area contributed by atoms with Crippen molar-refractivity contribution in [1.29, 1.82) is 0 Å². The third-order valence-electron chi connectivity index (χ3n) is 9.57. The summed E-state index contributed by atoms with van der Waals surface area (Å²) in [5.74, 6) is 1.01. The molecule has 7 heteroatoms. The first-order valence-corrected chi connectivity index (χ1v) is 14.5. The molecule has 0 radical (unpaired) electrons. The molecule has 2 aromatic rings. The predicted octanol–water partition coefficient (Wildman–Crippen LogP) is 5.06. The van der Waals surface area contributed by atoms with Crippen LogP contribution in [0.15, 0.2) is 29.1 Å². The summed E-state index contributed by atoms with van der Waals surface area (Å²) in [5.41, 5.74) is 1.12. The Kier molecular flexibility index (Phi) is 6.91. The van der Waals surface area contributed by atoms with Crippen molar-refractivity contribution in [3.8, 4) is 0 Å². The van der Waals surface area contributed by atoms with Gasteiger partial charge in [0.25, 0.3) is 5.56 Å². The van der Waals surface area contributed by atoms with Crippen LogP contribution in [0.4, 0.5) is 0 Å². The van der Waals surface area contributed by atoms with Gasteiger partial charge in [-0.05, 0) is 75.8 Å². The number of hydrogen-bond donors (Lipinski definition) is 0. The lowest BCUT2D eigenvalue weighted by Gasteiger charge is -2.49. The van der Waals surface area contributed by atoms with E-state index in [1.54, 1.807) is 6.92 Å². The van der Waals surface area contributed by atoms with Gasteiger partial charge >= 0.3 is 5.97 Å². The largest absolute Gasteiger partial charge is 0.466 e. The minimum atomic E-state index is -0.423. The van der Waals surface area contributed by atoms with Crippen molar-refractivity contribution >= 4 is 22.8 Å². The van der Waals surface area contributed by atoms with Gasteiger partial charge in [0.15, 0.2) is 11.5 Å². The average Bonchev–Trinajstić information content (AvgIpc) is 3.16. The molecule has 0 amide bonds. The van der Waals surface area contributed by atoms with E-state index in [1.165, 1.54) is 51.4 Å². The maximum atomic E-state index is 13.8. The molecule has 2 aliphatic carbocycles. The number of ketones is 1. The fourth-order valence-electron chi connectivity index (χ4n) is 8.20. The van der Waals surface area contributed by atoms with Gasteiger partial charge in [-0.2, -0.15) is 0 Å². The highest BCUT2D eigenvalue weighted by atomic mass is 16.5. The molecule has 1 aromatic heterocycles. The molecule has 4 unspecified atom stereocenters. The van der Waals surface area contributed by atoms with Gasteiger partial charge in [-0.1, -0.05) is 31.4 Å². The maximum Gasteiger partial charge on any atom is 0.306 e. The maximum absolute atomic E-state index is 13.8. The molecule has 37 heavy (non-hydrogen) atoms. The summed E-state index contributed by atoms with van der Waals surface area (Å²) >= 11 is 0. The van der Waals surface area contributed by atoms with Crippen molar-refractivity contribution in [3.63, 3.8) is 0 Å². The van der Waals surface area contributed by atoms with E-state index >= 15 is 0 Å². The highest BCUT2D eigenvalue weighted by Crippen LogP contribution is 2.48. The first kappa shape index (κ1) is 24.8. The van der Waals surface area contributed by atoms with E-state index in [9.17, 15) is 14.4 Å². The van der Waals surface area contributed by atoms with Crippen molar-refractivity contribution in [2.24, 2.45) is 11.8 Å². The van der Waals surface area contributed by atoms with E-state index in [-0.39, 0.29) is 42.5 Å². The predicted molar refractivity (Wildman–Crippen MR) is 142 cm³/mol. The van der Waals surface area contributed by atoms with Crippen LogP contribution in [0.25, 0.3) is 11.0 Å². The number of rotatable bonds is 7. The number of carbonyl (C=O) groups is 2. The number of carbonyl (C=O) groups excluding carboxylic acids is 2. The van der Waals surface area contributed by atoms with Gasteiger partial charge < -0.3 is 9.30 Å². The Morgan fingerprint density at radius 2 is 1.59 bits per heavy atom. The number of Topliss-reactive ketones (excluding diaryl/α,β-unsaturated/α-hetero) is 1. The number of ether oxygens (including phenoxy) is 1. The number of aromatic nitrogens is 2. The molecule has 7 nitrogen and oxygen atoms in total. The second-order valence-electron chi connectivity index (χ2n) is 11.8. The monoisotopic (exact) mass is 505 g/mol. The molecule has 198 valence electrons. The number of para-hydroxylation sites is 2. The summed E-state index contributed by atoms with van der Waals surface area (Å²) in [6.07, 6.45) is 12.6. The number of benzene rings is 1. The molecule has 5 atom stereocenters. The van der Waals surface area contributed by atoms with Crippen LogP contribution in [-0.2, 0) is 9.53 Å². The summed E-state index contributed by atoms with van der Waals surface area (Å²) in [6.45, 7) is 2.01. The fraction of sp³-hybridized carbons (Fsp3) is 0.667. The smallest absolute Gasteiger partial charge is 0.306 e. The molecule has 4 bridgehead atoms. The third-order valence-corrected chi connectivity index (χ3v) is 9.57. The Bertz CT molecular complexity index is 1210. The van der Waals surface area contributed by atoms with Gasteiger partial charge in [-0.25, -0.2) is 4.98 Å². The van der Waals surface area contributed by atoms with Crippen LogP contribution in [0.2, 0.25) is 0 Å². The third kappa shape index (κ3) is 4.75. The highest BCUT2D eigenvalue weighted by Gasteiger charge is 2.47. The van der Waals surface area contributed by atoms with Crippen LogP contribution in [0.5, 0.6) is 0 Å². The molecule has 1 aromatic carbocycles. The second kappa shape index (κ2) is 10.3. The number of esters is 1. The van der Waals surface area contributed by atoms with E-state index in [0.717, 1.165) is 30.2 Å². The summed E-state index contributed by atoms with van der Waals surface area (Å²) in [7, 11) is 0. The zero-order valence-electron chi connectivity index (χ0n) is 21.9. The van der Waals surface area contributed by atoms with E-state index in [0.29, 0.717) is 23.6 Å². The van der Waals surface area contributed by atoms with Crippen LogP contribution < -0.4 is 5.56 Å². The summed E-state index contributed by atoms with van der Waals surface area (Å²) in [5, 5.41) is 0. The van der Waals surface area contributed by atoms with E-state index in [4.69, 9.17) is 4.74 Å². The number of piperidine rings is 1. The van der Waals surface area contributed by atoms with Crippen molar-refractivity contribution in [2.45, 2.75) is 108 Å². The summed E-state index contributed by atoms with van der Waals surface area (Å²) < 4.78 is 6.84. The lowest BCUT2D eigenvalue weighted by Crippen LogP contribution is -2.52. The highest BCUT2D eigenvalue weighted by molar-refractivity contribution is 5.97. The minimum absolute atomic E-state index is 0.0352. The molecule has 0 N–H and O–H groups in total. The van der Waals surface area contributed by atoms with Crippen molar-refractivity contribution in [1.82, 2.24) is 14.5 Å². The van der Waals surface area contributed by atoms with Crippen LogP contribution >= 0.6 is 0 Å². The number of nitrogens with zero attached hydrogens (tertiary/aromatic N) is 3. The average molecular weight is 506 g/mol. The summed E-state index contributed by atoms with van der Waals surface area (Å²) in [4.78, 5) is 46.0. The molecule has 4 fully saturated rings. The van der Waals surface area contributed by atoms with Crippen molar-refractivity contribution in [3.05, 3.63) is 40.3 Å². The second-order valence-corrected chi connectivity index (χ2v) is 11.8. The molecule has 6 rings (SSSR count). The van der Waals surface area contributed by atoms with Crippen molar-refractivity contribution < 1.29 is 14.3 Å². The van der Waals surface area contributed by atoms with Gasteiger partial charge in [-0.15, -0.1) is 0 Å². The van der Waals surface area contributed by atoms with Crippen molar-refractivity contribution in [2.75, 3.05) is 6.61 Å². The van der Waals surface area contributed by atoms with Crippen LogP contribution in [0.1, 0.15) is 101 Å². The molecule has 2 saturated carbocycles. The van der Waals surface area contributed by atoms with E-state index < -0.39 is 5.97 Å². The first-order valence-electron chi connectivity index (χ1n) is 14.5. The number of hydrogen-bond acceptors (Lipinski definition) is 6. The van der Waals surface area contributed by atoms with E-state index in [1.807, 2.05) is 28.8 Å². The Balaban J connectivity index is 1.27. The summed E-state index contributed by atoms with van der Waals surface area (Å²) in [6, 6.07) is 9.44.